The van der Waals surface area contributed by atoms with Crippen LogP contribution in [-0.2, 0) is 9.47 Å². The molecule has 4 heterocycles. The number of hydrogen-bond acceptors (Lipinski definition) is 7. The molecule has 3 aliphatic rings. The van der Waals surface area contributed by atoms with Gasteiger partial charge >= 0.3 is 0 Å². The van der Waals surface area contributed by atoms with Gasteiger partial charge in [0.15, 0.2) is 11.9 Å². The lowest BCUT2D eigenvalue weighted by atomic mass is 9.90. The molecule has 2 aromatic heterocycles. The zero-order valence-corrected chi connectivity index (χ0v) is 17.5. The van der Waals surface area contributed by atoms with Crippen LogP contribution < -0.4 is 5.32 Å². The normalized spacial score (nSPS) is 29.2. The fraction of sp³-hybridized carbons (Fsp3) is 0.750. The lowest BCUT2D eigenvalue weighted by molar-refractivity contribution is -0.0370. The molecule has 0 radical (unpaired) electrons. The molecule has 158 valence electrons. The van der Waals surface area contributed by atoms with E-state index in [0.29, 0.717) is 12.1 Å². The minimum atomic E-state index is -0.0657. The van der Waals surface area contributed by atoms with Gasteiger partial charge in [-0.05, 0) is 56.5 Å². The van der Waals surface area contributed by atoms with Gasteiger partial charge < -0.3 is 14.8 Å². The highest BCUT2D eigenvalue weighted by atomic mass is 35.5. The van der Waals surface area contributed by atoms with Gasteiger partial charge in [0.2, 0.25) is 5.28 Å². The third kappa shape index (κ3) is 4.21. The van der Waals surface area contributed by atoms with E-state index in [1.165, 1.54) is 12.8 Å². The fourth-order valence-corrected chi connectivity index (χ4v) is 5.02. The van der Waals surface area contributed by atoms with Crippen LogP contribution in [0.3, 0.4) is 0 Å². The number of fused-ring (bicyclic) bond motifs is 1. The first kappa shape index (κ1) is 19.5. The van der Waals surface area contributed by atoms with E-state index < -0.39 is 0 Å². The maximum Gasteiger partial charge on any atom is 0.226 e. The Morgan fingerprint density at radius 3 is 2.59 bits per heavy atom. The van der Waals surface area contributed by atoms with Crippen molar-refractivity contribution in [3.63, 3.8) is 0 Å². The lowest BCUT2D eigenvalue weighted by Gasteiger charge is -2.39. The first-order valence-corrected chi connectivity index (χ1v) is 11.3. The van der Waals surface area contributed by atoms with Crippen LogP contribution >= 0.6 is 11.6 Å². The molecular weight excluding hydrogens is 392 g/mol. The first-order valence-electron chi connectivity index (χ1n) is 10.9. The second-order valence-electron chi connectivity index (χ2n) is 8.29. The average molecular weight is 421 g/mol. The summed E-state index contributed by atoms with van der Waals surface area (Å²) in [5, 5.41) is 9.36. The smallest absolute Gasteiger partial charge is 0.226 e. The summed E-state index contributed by atoms with van der Waals surface area (Å²) in [6.45, 7) is 4.62. The summed E-state index contributed by atoms with van der Waals surface area (Å²) < 4.78 is 13.2. The number of anilines is 1. The maximum atomic E-state index is 6.27. The lowest BCUT2D eigenvalue weighted by Crippen LogP contribution is -2.46. The molecule has 1 N–H and O–H groups in total. The van der Waals surface area contributed by atoms with Crippen LogP contribution in [0.25, 0.3) is 11.0 Å². The van der Waals surface area contributed by atoms with Gasteiger partial charge in [0.05, 0.1) is 24.8 Å². The molecule has 9 heteroatoms. The number of aromatic nitrogens is 4. The standard InChI is InChI=1S/C20H29ClN6O2/c21-20-24-18(16-13-22-27(19(16)25-20)17-3-1-2-10-29-17)23-14-4-6-15(7-5-14)26-8-11-28-12-9-26/h13-15,17H,1-12H2,(H,23,24,25). The molecule has 3 fully saturated rings. The van der Waals surface area contributed by atoms with Gasteiger partial charge in [-0.25, -0.2) is 4.68 Å². The van der Waals surface area contributed by atoms with Crippen molar-refractivity contribution >= 4 is 28.5 Å². The molecule has 2 aromatic rings. The number of ether oxygens (including phenoxy) is 2. The molecule has 29 heavy (non-hydrogen) atoms. The predicted molar refractivity (Wildman–Crippen MR) is 111 cm³/mol. The summed E-state index contributed by atoms with van der Waals surface area (Å²) in [7, 11) is 0. The van der Waals surface area contributed by atoms with Crippen molar-refractivity contribution in [2.24, 2.45) is 0 Å². The van der Waals surface area contributed by atoms with Crippen LogP contribution in [0.4, 0.5) is 5.82 Å². The Hall–Kier alpha value is -1.48. The van der Waals surface area contributed by atoms with Crippen LogP contribution in [0.1, 0.15) is 51.2 Å². The van der Waals surface area contributed by atoms with Gasteiger partial charge in [-0.1, -0.05) is 0 Å². The average Bonchev–Trinajstić information content (AvgIpc) is 3.19. The molecule has 8 nitrogen and oxygen atoms in total. The SMILES string of the molecule is Clc1nc(NC2CCC(N3CCOCC3)CC2)c2cnn(C3CCCCO3)c2n1. The molecule has 2 saturated heterocycles. The van der Waals surface area contributed by atoms with Crippen LogP contribution in [0.2, 0.25) is 5.28 Å². The van der Waals surface area contributed by atoms with E-state index in [0.717, 1.165) is 81.9 Å². The Morgan fingerprint density at radius 2 is 1.83 bits per heavy atom. The summed E-state index contributed by atoms with van der Waals surface area (Å²) in [5.74, 6) is 0.789. The quantitative estimate of drug-likeness (QED) is 0.760. The Labute approximate surface area is 175 Å². The molecular formula is C20H29ClN6O2. The maximum absolute atomic E-state index is 6.27. The minimum Gasteiger partial charge on any atom is -0.379 e. The van der Waals surface area contributed by atoms with Crippen molar-refractivity contribution < 1.29 is 9.47 Å². The summed E-state index contributed by atoms with van der Waals surface area (Å²) in [4.78, 5) is 11.5. The van der Waals surface area contributed by atoms with E-state index in [-0.39, 0.29) is 11.5 Å². The molecule has 1 saturated carbocycles. The van der Waals surface area contributed by atoms with Crippen molar-refractivity contribution in [1.29, 1.82) is 0 Å². The number of morpholine rings is 1. The van der Waals surface area contributed by atoms with Crippen molar-refractivity contribution in [2.45, 2.75) is 63.3 Å². The largest absolute Gasteiger partial charge is 0.379 e. The highest BCUT2D eigenvalue weighted by Gasteiger charge is 2.28. The number of hydrogen-bond donors (Lipinski definition) is 1. The number of rotatable bonds is 4. The number of nitrogens with zero attached hydrogens (tertiary/aromatic N) is 5. The zero-order chi connectivity index (χ0) is 19.6. The number of halogens is 1. The second-order valence-corrected chi connectivity index (χ2v) is 8.63. The third-order valence-corrected chi connectivity index (χ3v) is 6.62. The van der Waals surface area contributed by atoms with Crippen LogP contribution in [0.5, 0.6) is 0 Å². The highest BCUT2D eigenvalue weighted by molar-refractivity contribution is 6.28. The van der Waals surface area contributed by atoms with E-state index in [9.17, 15) is 0 Å². The molecule has 1 atom stereocenters. The van der Waals surface area contributed by atoms with E-state index in [4.69, 9.17) is 21.1 Å². The summed E-state index contributed by atoms with van der Waals surface area (Å²) in [6.07, 6.45) is 9.63. The molecule has 0 aromatic carbocycles. The van der Waals surface area contributed by atoms with Gasteiger partial charge in [-0.15, -0.1) is 0 Å². The third-order valence-electron chi connectivity index (χ3n) is 6.45. The molecule has 1 aliphatic carbocycles. The Kier molecular flexibility index (Phi) is 5.85. The van der Waals surface area contributed by atoms with Gasteiger partial charge in [0.1, 0.15) is 5.82 Å². The topological polar surface area (TPSA) is 77.3 Å². The van der Waals surface area contributed by atoms with Gasteiger partial charge in [0.25, 0.3) is 0 Å². The van der Waals surface area contributed by atoms with Crippen LogP contribution in [0.15, 0.2) is 6.20 Å². The monoisotopic (exact) mass is 420 g/mol. The Bertz CT molecular complexity index is 826. The number of nitrogens with one attached hydrogen (secondary N) is 1. The van der Waals surface area contributed by atoms with Crippen LogP contribution in [-0.4, -0.2) is 69.6 Å². The minimum absolute atomic E-state index is 0.0657. The first-order chi connectivity index (χ1) is 14.3. The van der Waals surface area contributed by atoms with Crippen molar-refractivity contribution in [1.82, 2.24) is 24.6 Å². The summed E-state index contributed by atoms with van der Waals surface area (Å²) in [6, 6.07) is 1.08. The van der Waals surface area contributed by atoms with E-state index in [1.807, 2.05) is 10.9 Å². The molecule has 1 unspecified atom stereocenters. The molecule has 0 amide bonds. The van der Waals surface area contributed by atoms with Crippen molar-refractivity contribution in [2.75, 3.05) is 38.2 Å². The Balaban J connectivity index is 1.29. The molecule has 2 aliphatic heterocycles. The van der Waals surface area contributed by atoms with Crippen molar-refractivity contribution in [3.8, 4) is 0 Å². The van der Waals surface area contributed by atoms with E-state index in [1.54, 1.807) is 0 Å². The van der Waals surface area contributed by atoms with Crippen LogP contribution in [0, 0.1) is 0 Å². The zero-order valence-electron chi connectivity index (χ0n) is 16.7. The van der Waals surface area contributed by atoms with E-state index >= 15 is 0 Å². The molecule has 5 rings (SSSR count). The highest BCUT2D eigenvalue weighted by Crippen LogP contribution is 2.31. The van der Waals surface area contributed by atoms with E-state index in [2.05, 4.69) is 25.3 Å². The fourth-order valence-electron chi connectivity index (χ4n) is 4.86. The second kappa shape index (κ2) is 8.71. The molecule has 0 bridgehead atoms. The Morgan fingerprint density at radius 1 is 1.00 bits per heavy atom. The predicted octanol–water partition coefficient (Wildman–Crippen LogP) is 3.23. The molecule has 0 spiro atoms. The van der Waals surface area contributed by atoms with Gasteiger partial charge in [-0.2, -0.15) is 15.1 Å². The summed E-state index contributed by atoms with van der Waals surface area (Å²) >= 11 is 6.27. The van der Waals surface area contributed by atoms with Gasteiger partial charge in [-0.3, -0.25) is 4.90 Å². The van der Waals surface area contributed by atoms with Crippen molar-refractivity contribution in [3.05, 3.63) is 11.5 Å². The summed E-state index contributed by atoms with van der Waals surface area (Å²) in [5.41, 5.74) is 0.751. The van der Waals surface area contributed by atoms with Gasteiger partial charge in [0, 0.05) is 31.8 Å².